The number of likely N-dealkylation sites (N-methyl/N-ethyl adjacent to an activating group) is 1. The number of hydrogen-bond donors (Lipinski definition) is 5. The zero-order valence-corrected chi connectivity index (χ0v) is 21.6. The van der Waals surface area contributed by atoms with Gasteiger partial charge in [-0.05, 0) is 83.5 Å². The molecule has 1 aromatic rings. The highest BCUT2D eigenvalue weighted by molar-refractivity contribution is 5.97. The molecule has 204 valence electrons. The van der Waals surface area contributed by atoms with Gasteiger partial charge in [0.25, 0.3) is 0 Å². The standard InChI is InChI=1S/C26H42F3N5O2/c1-30-16-19(17-31-2)14-23(32-3)25(36)34-22(13-12-18-8-5-4-6-9-18)24(35)33-21-11-7-10-20(15-21)26(27,28)29/h7,10-11,15,18-19,22-23,30-32H,4-6,8-9,12-14,16-17H2,1-3H3,(H,33,35)(H,34,36)/t22?,23-/m0/s1. The van der Waals surface area contributed by atoms with Crippen LogP contribution in [-0.2, 0) is 15.8 Å². The summed E-state index contributed by atoms with van der Waals surface area (Å²) in [6.07, 6.45) is 3.03. The smallest absolute Gasteiger partial charge is 0.343 e. The number of amides is 2. The van der Waals surface area contributed by atoms with Gasteiger partial charge in [-0.25, -0.2) is 0 Å². The summed E-state index contributed by atoms with van der Waals surface area (Å²) in [7, 11) is 5.42. The Kier molecular flexibility index (Phi) is 12.7. The second-order valence-corrected chi connectivity index (χ2v) is 9.77. The van der Waals surface area contributed by atoms with Gasteiger partial charge in [-0.2, -0.15) is 13.2 Å². The third-order valence-corrected chi connectivity index (χ3v) is 6.90. The van der Waals surface area contributed by atoms with Crippen LogP contribution in [0.4, 0.5) is 18.9 Å². The normalized spacial score (nSPS) is 16.5. The van der Waals surface area contributed by atoms with Gasteiger partial charge in [-0.3, -0.25) is 9.59 Å². The number of alkyl halides is 3. The Morgan fingerprint density at radius 3 is 2.22 bits per heavy atom. The van der Waals surface area contributed by atoms with Gasteiger partial charge in [0.05, 0.1) is 11.6 Å². The lowest BCUT2D eigenvalue weighted by molar-refractivity contribution is -0.137. The molecule has 0 radical (unpaired) electrons. The van der Waals surface area contributed by atoms with Crippen molar-refractivity contribution < 1.29 is 22.8 Å². The molecule has 0 saturated heterocycles. The van der Waals surface area contributed by atoms with Crippen LogP contribution in [0, 0.1) is 11.8 Å². The lowest BCUT2D eigenvalue weighted by Gasteiger charge is -2.27. The number of carbonyl (C=O) groups is 2. The summed E-state index contributed by atoms with van der Waals surface area (Å²) in [5.41, 5.74) is -0.779. The molecule has 0 bridgehead atoms. The van der Waals surface area contributed by atoms with Crippen LogP contribution in [0.1, 0.15) is 56.9 Å². The van der Waals surface area contributed by atoms with Crippen LogP contribution in [0.2, 0.25) is 0 Å². The zero-order chi connectivity index (χ0) is 26.6. The largest absolute Gasteiger partial charge is 0.416 e. The van der Waals surface area contributed by atoms with Crippen LogP contribution < -0.4 is 26.6 Å². The topological polar surface area (TPSA) is 94.3 Å². The first-order valence-corrected chi connectivity index (χ1v) is 12.9. The Labute approximate surface area is 212 Å². The summed E-state index contributed by atoms with van der Waals surface area (Å²) in [6, 6.07) is 3.21. The van der Waals surface area contributed by atoms with E-state index in [0.717, 1.165) is 57.3 Å². The maximum atomic E-state index is 13.2. The third-order valence-electron chi connectivity index (χ3n) is 6.90. The van der Waals surface area contributed by atoms with Crippen molar-refractivity contribution in [1.82, 2.24) is 21.3 Å². The Hall–Kier alpha value is -2.17. The fraction of sp³-hybridized carbons (Fsp3) is 0.692. The molecular formula is C26H42F3N5O2. The van der Waals surface area contributed by atoms with Gasteiger partial charge in [0, 0.05) is 5.69 Å². The minimum atomic E-state index is -4.51. The van der Waals surface area contributed by atoms with Crippen molar-refractivity contribution in [2.24, 2.45) is 11.8 Å². The zero-order valence-electron chi connectivity index (χ0n) is 21.6. The van der Waals surface area contributed by atoms with Gasteiger partial charge in [-0.15, -0.1) is 0 Å². The van der Waals surface area contributed by atoms with E-state index in [2.05, 4.69) is 26.6 Å². The van der Waals surface area contributed by atoms with Crippen LogP contribution in [0.25, 0.3) is 0 Å². The first-order valence-electron chi connectivity index (χ1n) is 12.9. The highest BCUT2D eigenvalue weighted by atomic mass is 19.4. The van der Waals surface area contributed by atoms with E-state index in [1.807, 2.05) is 14.1 Å². The average Bonchev–Trinajstić information content (AvgIpc) is 2.85. The molecule has 1 aromatic carbocycles. The highest BCUT2D eigenvalue weighted by Gasteiger charge is 2.31. The number of rotatable bonds is 14. The van der Waals surface area contributed by atoms with E-state index in [9.17, 15) is 22.8 Å². The van der Waals surface area contributed by atoms with E-state index < -0.39 is 29.7 Å². The van der Waals surface area contributed by atoms with E-state index >= 15 is 0 Å². The first kappa shape index (κ1) is 30.1. The van der Waals surface area contributed by atoms with Gasteiger partial charge in [0.15, 0.2) is 0 Å². The predicted octanol–water partition coefficient (Wildman–Crippen LogP) is 3.52. The van der Waals surface area contributed by atoms with Crippen LogP contribution in [-0.4, -0.2) is 58.1 Å². The molecule has 1 unspecified atom stereocenters. The molecule has 1 saturated carbocycles. The number of carbonyl (C=O) groups excluding carboxylic acids is 2. The molecule has 2 rings (SSSR count). The molecule has 1 aliphatic carbocycles. The average molecular weight is 514 g/mol. The Balaban J connectivity index is 2.12. The van der Waals surface area contributed by atoms with E-state index in [0.29, 0.717) is 18.8 Å². The number of anilines is 1. The Bertz CT molecular complexity index is 809. The fourth-order valence-electron chi connectivity index (χ4n) is 4.93. The quantitative estimate of drug-likeness (QED) is 0.263. The van der Waals surface area contributed by atoms with Crippen molar-refractivity contribution in [2.75, 3.05) is 39.5 Å². The molecular weight excluding hydrogens is 471 g/mol. The number of halogens is 3. The predicted molar refractivity (Wildman–Crippen MR) is 137 cm³/mol. The first-order chi connectivity index (χ1) is 17.2. The lowest BCUT2D eigenvalue weighted by atomic mass is 9.85. The number of benzene rings is 1. The van der Waals surface area contributed by atoms with Gasteiger partial charge < -0.3 is 26.6 Å². The summed E-state index contributed by atoms with van der Waals surface area (Å²) >= 11 is 0. The van der Waals surface area contributed by atoms with Crippen molar-refractivity contribution in [3.63, 3.8) is 0 Å². The van der Waals surface area contributed by atoms with Crippen molar-refractivity contribution in [1.29, 1.82) is 0 Å². The summed E-state index contributed by atoms with van der Waals surface area (Å²) in [4.78, 5) is 26.4. The Morgan fingerprint density at radius 1 is 0.972 bits per heavy atom. The molecule has 10 heteroatoms. The van der Waals surface area contributed by atoms with E-state index in [1.54, 1.807) is 7.05 Å². The minimum absolute atomic E-state index is 0.0556. The summed E-state index contributed by atoms with van der Waals surface area (Å²) in [5.74, 6) is -0.101. The molecule has 2 amide bonds. The minimum Gasteiger partial charge on any atom is -0.343 e. The SMILES string of the molecule is CNCC(CNC)C[C@H](NC)C(=O)NC(CCC1CCCCC1)C(=O)Nc1cccc(C(F)(F)F)c1. The molecule has 36 heavy (non-hydrogen) atoms. The maximum absolute atomic E-state index is 13.2. The van der Waals surface area contributed by atoms with Gasteiger partial charge in [-0.1, -0.05) is 38.2 Å². The summed E-state index contributed by atoms with van der Waals surface area (Å²) < 4.78 is 39.4. The molecule has 1 aliphatic rings. The van der Waals surface area contributed by atoms with Crippen LogP contribution in [0.5, 0.6) is 0 Å². The van der Waals surface area contributed by atoms with E-state index in [-0.39, 0.29) is 17.5 Å². The van der Waals surface area contributed by atoms with Crippen LogP contribution in [0.3, 0.4) is 0 Å². The van der Waals surface area contributed by atoms with E-state index in [4.69, 9.17) is 0 Å². The second-order valence-electron chi connectivity index (χ2n) is 9.77. The summed E-state index contributed by atoms with van der Waals surface area (Å²) in [6.45, 7) is 1.46. The number of hydrogen-bond acceptors (Lipinski definition) is 5. The molecule has 5 N–H and O–H groups in total. The molecule has 0 heterocycles. The monoisotopic (exact) mass is 513 g/mol. The van der Waals surface area contributed by atoms with Crippen LogP contribution in [0.15, 0.2) is 24.3 Å². The van der Waals surface area contributed by atoms with Crippen molar-refractivity contribution in [3.8, 4) is 0 Å². The van der Waals surface area contributed by atoms with Crippen LogP contribution >= 0.6 is 0 Å². The molecule has 0 aromatic heterocycles. The van der Waals surface area contributed by atoms with Gasteiger partial charge >= 0.3 is 6.18 Å². The van der Waals surface area contributed by atoms with E-state index in [1.165, 1.54) is 18.6 Å². The third kappa shape index (κ3) is 10.1. The molecule has 0 spiro atoms. The second kappa shape index (κ2) is 15.2. The highest BCUT2D eigenvalue weighted by Crippen LogP contribution is 2.31. The van der Waals surface area contributed by atoms with Crippen molar-refractivity contribution >= 4 is 17.5 Å². The molecule has 2 atom stereocenters. The maximum Gasteiger partial charge on any atom is 0.416 e. The molecule has 7 nitrogen and oxygen atoms in total. The lowest BCUT2D eigenvalue weighted by Crippen LogP contribution is -2.52. The molecule has 0 aliphatic heterocycles. The Morgan fingerprint density at radius 2 is 1.64 bits per heavy atom. The van der Waals surface area contributed by atoms with Crippen molar-refractivity contribution in [3.05, 3.63) is 29.8 Å². The van der Waals surface area contributed by atoms with Gasteiger partial charge in [0.2, 0.25) is 11.8 Å². The fourth-order valence-corrected chi connectivity index (χ4v) is 4.93. The van der Waals surface area contributed by atoms with Crippen molar-refractivity contribution in [2.45, 2.75) is 69.6 Å². The number of nitrogens with one attached hydrogen (secondary N) is 5. The summed E-state index contributed by atoms with van der Waals surface area (Å²) in [5, 5.41) is 14.8. The molecule has 1 fully saturated rings. The van der Waals surface area contributed by atoms with Gasteiger partial charge in [0.1, 0.15) is 6.04 Å².